The summed E-state index contributed by atoms with van der Waals surface area (Å²) in [5.74, 6) is 1.05. The largest absolute Gasteiger partial charge is 0.493 e. The molecule has 6 nitrogen and oxygen atoms in total. The molecule has 0 aliphatic carbocycles. The number of nitrogens with zero attached hydrogens (tertiary/aromatic N) is 1. The van der Waals surface area contributed by atoms with E-state index in [1.807, 2.05) is 38.1 Å². The first-order chi connectivity index (χ1) is 14.5. The van der Waals surface area contributed by atoms with Crippen molar-refractivity contribution >= 4 is 23.2 Å². The van der Waals surface area contributed by atoms with Crippen LogP contribution < -0.4 is 19.7 Å². The van der Waals surface area contributed by atoms with Crippen LogP contribution in [0, 0.1) is 6.92 Å². The van der Waals surface area contributed by atoms with Crippen molar-refractivity contribution in [3.05, 3.63) is 77.4 Å². The number of amides is 2. The van der Waals surface area contributed by atoms with Crippen molar-refractivity contribution in [2.45, 2.75) is 13.8 Å². The lowest BCUT2D eigenvalue weighted by Crippen LogP contribution is -2.25. The number of hydrogen-bond donors (Lipinski definition) is 1. The van der Waals surface area contributed by atoms with Crippen LogP contribution in [0.4, 0.5) is 11.4 Å². The van der Waals surface area contributed by atoms with E-state index in [1.54, 1.807) is 48.3 Å². The fraction of sp³-hybridized carbons (Fsp3) is 0.167. The maximum absolute atomic E-state index is 13.1. The molecule has 0 bridgehead atoms. The van der Waals surface area contributed by atoms with Crippen molar-refractivity contribution in [1.82, 2.24) is 0 Å². The Kier molecular flexibility index (Phi) is 5.14. The molecule has 3 aromatic carbocycles. The molecule has 0 aromatic heterocycles. The van der Waals surface area contributed by atoms with E-state index >= 15 is 0 Å². The zero-order valence-corrected chi connectivity index (χ0v) is 17.1. The van der Waals surface area contributed by atoms with Crippen molar-refractivity contribution in [3.8, 4) is 17.2 Å². The Morgan fingerprint density at radius 3 is 2.63 bits per heavy atom. The molecule has 1 aliphatic rings. The van der Waals surface area contributed by atoms with E-state index in [0.29, 0.717) is 46.4 Å². The summed E-state index contributed by atoms with van der Waals surface area (Å²) < 4.78 is 11.5. The number of nitrogens with one attached hydrogen (secondary N) is 1. The number of ether oxygens (including phenoxy) is 2. The van der Waals surface area contributed by atoms with Crippen LogP contribution in [0.5, 0.6) is 17.2 Å². The van der Waals surface area contributed by atoms with Gasteiger partial charge < -0.3 is 19.7 Å². The normalized spacial score (nSPS) is 12.4. The van der Waals surface area contributed by atoms with Crippen LogP contribution in [0.2, 0.25) is 0 Å². The highest BCUT2D eigenvalue weighted by atomic mass is 16.5. The highest BCUT2D eigenvalue weighted by Crippen LogP contribution is 2.39. The number of aryl methyl sites for hydroxylation is 1. The van der Waals surface area contributed by atoms with Gasteiger partial charge in [0.15, 0.2) is 5.75 Å². The fourth-order valence-electron chi connectivity index (χ4n) is 3.38. The molecule has 0 spiro atoms. The molecular formula is C24H22N2O4. The van der Waals surface area contributed by atoms with Gasteiger partial charge in [0.05, 0.1) is 23.4 Å². The summed E-state index contributed by atoms with van der Waals surface area (Å²) in [5.41, 5.74) is 3.04. The zero-order chi connectivity index (χ0) is 21.3. The molecule has 4 rings (SSSR count). The van der Waals surface area contributed by atoms with E-state index in [9.17, 15) is 9.59 Å². The lowest BCUT2D eigenvalue weighted by atomic mass is 10.1. The maximum atomic E-state index is 13.1. The summed E-state index contributed by atoms with van der Waals surface area (Å²) in [4.78, 5) is 27.4. The molecule has 0 unspecified atom stereocenters. The molecule has 1 aliphatic heterocycles. The fourth-order valence-corrected chi connectivity index (χ4v) is 3.38. The molecule has 6 heteroatoms. The quantitative estimate of drug-likeness (QED) is 0.665. The minimum absolute atomic E-state index is 0.208. The van der Waals surface area contributed by atoms with Gasteiger partial charge >= 0.3 is 0 Å². The molecule has 1 N–H and O–H groups in total. The molecule has 0 saturated heterocycles. The number of benzene rings is 3. The standard InChI is InChI=1S/C24H22N2O4/c1-4-29-20-8-6-5-7-17(20)23(27)25-16-10-12-21-18(14-16)24(28)26(3)19-13-15(2)9-11-22(19)30-21/h5-14H,4H2,1-3H3,(H,25,27). The van der Waals surface area contributed by atoms with Crippen molar-refractivity contribution in [3.63, 3.8) is 0 Å². The Morgan fingerprint density at radius 1 is 1.07 bits per heavy atom. The third kappa shape index (κ3) is 3.59. The van der Waals surface area contributed by atoms with Crippen LogP contribution in [-0.4, -0.2) is 25.5 Å². The highest BCUT2D eigenvalue weighted by molar-refractivity contribution is 6.11. The average Bonchev–Trinajstić information content (AvgIpc) is 2.84. The Labute approximate surface area is 175 Å². The number of fused-ring (bicyclic) bond motifs is 2. The maximum Gasteiger partial charge on any atom is 0.261 e. The number of hydrogen-bond acceptors (Lipinski definition) is 4. The Balaban J connectivity index is 1.65. The molecule has 152 valence electrons. The number of para-hydroxylation sites is 1. The lowest BCUT2D eigenvalue weighted by Gasteiger charge is -2.17. The van der Waals surface area contributed by atoms with Gasteiger partial charge in [-0.2, -0.15) is 0 Å². The molecule has 30 heavy (non-hydrogen) atoms. The zero-order valence-electron chi connectivity index (χ0n) is 17.1. The lowest BCUT2D eigenvalue weighted by molar-refractivity contribution is 0.0989. The van der Waals surface area contributed by atoms with Crippen LogP contribution in [0.15, 0.2) is 60.7 Å². The SMILES string of the molecule is CCOc1ccccc1C(=O)Nc1ccc2c(c1)C(=O)N(C)c1cc(C)ccc1O2. The minimum Gasteiger partial charge on any atom is -0.493 e. The van der Waals surface area contributed by atoms with Crippen LogP contribution in [0.3, 0.4) is 0 Å². The second-order valence-electron chi connectivity index (χ2n) is 7.03. The Hall–Kier alpha value is -3.80. The third-order valence-corrected chi connectivity index (χ3v) is 4.90. The van der Waals surface area contributed by atoms with Crippen molar-refractivity contribution < 1.29 is 19.1 Å². The molecule has 3 aromatic rings. The molecular weight excluding hydrogens is 380 g/mol. The monoisotopic (exact) mass is 402 g/mol. The second-order valence-corrected chi connectivity index (χ2v) is 7.03. The van der Waals surface area contributed by atoms with Crippen LogP contribution in [0.25, 0.3) is 0 Å². The first-order valence-corrected chi connectivity index (χ1v) is 9.71. The molecule has 0 fully saturated rings. The summed E-state index contributed by atoms with van der Waals surface area (Å²) in [5, 5.41) is 2.85. The van der Waals surface area contributed by atoms with Crippen LogP contribution >= 0.6 is 0 Å². The summed E-state index contributed by atoms with van der Waals surface area (Å²) >= 11 is 0. The van der Waals surface area contributed by atoms with E-state index in [2.05, 4.69) is 5.32 Å². The van der Waals surface area contributed by atoms with Gasteiger partial charge in [-0.3, -0.25) is 9.59 Å². The summed E-state index contributed by atoms with van der Waals surface area (Å²) in [6.07, 6.45) is 0. The van der Waals surface area contributed by atoms with E-state index in [0.717, 1.165) is 5.56 Å². The number of carbonyl (C=O) groups excluding carboxylic acids is 2. The van der Waals surface area contributed by atoms with Crippen molar-refractivity contribution in [2.24, 2.45) is 0 Å². The van der Waals surface area contributed by atoms with Gasteiger partial charge in [0.25, 0.3) is 11.8 Å². The van der Waals surface area contributed by atoms with Crippen LogP contribution in [0.1, 0.15) is 33.2 Å². The molecule has 2 amide bonds. The van der Waals surface area contributed by atoms with Gasteiger partial charge in [0.2, 0.25) is 0 Å². The Morgan fingerprint density at radius 2 is 1.83 bits per heavy atom. The summed E-state index contributed by atoms with van der Waals surface area (Å²) in [6.45, 7) is 4.29. The smallest absolute Gasteiger partial charge is 0.261 e. The topological polar surface area (TPSA) is 67.9 Å². The predicted octanol–water partition coefficient (Wildman–Crippen LogP) is 5.03. The van der Waals surface area contributed by atoms with Gasteiger partial charge in [-0.25, -0.2) is 0 Å². The average molecular weight is 402 g/mol. The molecule has 0 saturated carbocycles. The molecule has 1 heterocycles. The first kappa shape index (κ1) is 19.5. The van der Waals surface area contributed by atoms with Crippen LogP contribution in [-0.2, 0) is 0 Å². The van der Waals surface area contributed by atoms with Gasteiger partial charge in [-0.05, 0) is 61.9 Å². The highest BCUT2D eigenvalue weighted by Gasteiger charge is 2.26. The summed E-state index contributed by atoms with van der Waals surface area (Å²) in [6, 6.07) is 17.8. The van der Waals surface area contributed by atoms with E-state index < -0.39 is 0 Å². The predicted molar refractivity (Wildman–Crippen MR) is 116 cm³/mol. The van der Waals surface area contributed by atoms with Gasteiger partial charge in [0.1, 0.15) is 11.5 Å². The number of anilines is 2. The van der Waals surface area contributed by atoms with E-state index in [1.165, 1.54) is 0 Å². The third-order valence-electron chi connectivity index (χ3n) is 4.90. The van der Waals surface area contributed by atoms with Gasteiger partial charge in [-0.1, -0.05) is 18.2 Å². The van der Waals surface area contributed by atoms with E-state index in [-0.39, 0.29) is 11.8 Å². The molecule has 0 radical (unpaired) electrons. The number of carbonyl (C=O) groups is 2. The Bertz CT molecular complexity index is 1140. The summed E-state index contributed by atoms with van der Waals surface area (Å²) in [7, 11) is 1.71. The van der Waals surface area contributed by atoms with Crippen molar-refractivity contribution in [2.75, 3.05) is 23.9 Å². The first-order valence-electron chi connectivity index (χ1n) is 9.71. The molecule has 0 atom stereocenters. The van der Waals surface area contributed by atoms with Gasteiger partial charge in [0, 0.05) is 12.7 Å². The van der Waals surface area contributed by atoms with Crippen molar-refractivity contribution in [1.29, 1.82) is 0 Å². The van der Waals surface area contributed by atoms with E-state index in [4.69, 9.17) is 9.47 Å². The van der Waals surface area contributed by atoms with Gasteiger partial charge in [-0.15, -0.1) is 0 Å². The minimum atomic E-state index is -0.312. The number of rotatable bonds is 4. The second kappa shape index (κ2) is 7.91.